The predicted octanol–water partition coefficient (Wildman–Crippen LogP) is 2.68. The third-order valence-electron chi connectivity index (χ3n) is 4.33. The minimum absolute atomic E-state index is 0.00256. The molecule has 0 saturated carbocycles. The van der Waals surface area contributed by atoms with E-state index in [-0.39, 0.29) is 30.8 Å². The molecule has 0 aliphatic carbocycles. The van der Waals surface area contributed by atoms with Crippen molar-refractivity contribution in [1.82, 2.24) is 0 Å². The fourth-order valence-electron chi connectivity index (χ4n) is 3.43. The first-order chi connectivity index (χ1) is 11.1. The van der Waals surface area contributed by atoms with Crippen molar-refractivity contribution in [1.29, 1.82) is 0 Å². The maximum Gasteiger partial charge on any atom is 0.224 e. The summed E-state index contributed by atoms with van der Waals surface area (Å²) in [7, 11) is 0. The van der Waals surface area contributed by atoms with E-state index in [0.717, 1.165) is 17.7 Å². The van der Waals surface area contributed by atoms with Crippen LogP contribution in [-0.4, -0.2) is 43.2 Å². The Labute approximate surface area is 138 Å². The van der Waals surface area contributed by atoms with Gasteiger partial charge in [0.25, 0.3) is 0 Å². The zero-order chi connectivity index (χ0) is 16.8. The Morgan fingerprint density at radius 2 is 1.91 bits per heavy atom. The maximum atomic E-state index is 12.2. The molecule has 0 aromatic heterocycles. The third-order valence-corrected chi connectivity index (χ3v) is 4.33. The molecule has 0 unspecified atom stereocenters. The van der Waals surface area contributed by atoms with Crippen LogP contribution in [0.5, 0.6) is 0 Å². The zero-order valence-corrected chi connectivity index (χ0v) is 14.2. The number of rotatable bonds is 8. The summed E-state index contributed by atoms with van der Waals surface area (Å²) < 4.78 is 11.2. The van der Waals surface area contributed by atoms with Gasteiger partial charge >= 0.3 is 0 Å². The Hall–Kier alpha value is -1.43. The Morgan fingerprint density at radius 3 is 2.48 bits per heavy atom. The van der Waals surface area contributed by atoms with E-state index >= 15 is 0 Å². The van der Waals surface area contributed by atoms with Gasteiger partial charge in [0.05, 0.1) is 6.61 Å². The van der Waals surface area contributed by atoms with Crippen molar-refractivity contribution in [3.63, 3.8) is 0 Å². The van der Waals surface area contributed by atoms with Gasteiger partial charge < -0.3 is 19.5 Å². The maximum absolute atomic E-state index is 12.2. The minimum Gasteiger partial charge on any atom is -0.396 e. The van der Waals surface area contributed by atoms with Crippen molar-refractivity contribution < 1.29 is 19.4 Å². The van der Waals surface area contributed by atoms with Crippen LogP contribution in [-0.2, 0) is 14.3 Å². The van der Waals surface area contributed by atoms with E-state index in [1.54, 1.807) is 6.92 Å². The smallest absolute Gasteiger partial charge is 0.224 e. The first-order valence-corrected chi connectivity index (χ1v) is 8.36. The van der Waals surface area contributed by atoms with Crippen molar-refractivity contribution in [2.24, 2.45) is 0 Å². The Kier molecular flexibility index (Phi) is 6.57. The number of nitrogens with zero attached hydrogens (tertiary/aromatic N) is 1. The van der Waals surface area contributed by atoms with Gasteiger partial charge in [-0.05, 0) is 31.9 Å². The lowest BCUT2D eigenvalue weighted by Crippen LogP contribution is -2.39. The summed E-state index contributed by atoms with van der Waals surface area (Å²) in [6.45, 7) is 6.67. The summed E-state index contributed by atoms with van der Waals surface area (Å²) in [5.41, 5.74) is 1.95. The van der Waals surface area contributed by atoms with Crippen molar-refractivity contribution in [3.05, 3.63) is 29.8 Å². The molecule has 0 bridgehead atoms. The highest BCUT2D eigenvalue weighted by Gasteiger charge is 2.39. The first kappa shape index (κ1) is 17.9. The number of carbonyl (C=O) groups is 1. The molecule has 1 heterocycles. The molecular weight excluding hydrogens is 294 g/mol. The van der Waals surface area contributed by atoms with Gasteiger partial charge in [-0.2, -0.15) is 0 Å². The highest BCUT2D eigenvalue weighted by atomic mass is 16.7. The molecule has 1 N–H and O–H groups in total. The van der Waals surface area contributed by atoms with Crippen LogP contribution < -0.4 is 4.90 Å². The molecule has 5 heteroatoms. The number of benzene rings is 1. The van der Waals surface area contributed by atoms with Crippen LogP contribution in [0, 0.1) is 0 Å². The molecule has 128 valence electrons. The number of aliphatic hydroxyl groups is 1. The SMILES string of the molecule is CCOC(CC[C@@H]1[C@@H](CO)c2ccccc2N1C(C)=O)OCC. The van der Waals surface area contributed by atoms with Crippen LogP contribution in [0.2, 0.25) is 0 Å². The Bertz CT molecular complexity index is 513. The summed E-state index contributed by atoms with van der Waals surface area (Å²) in [4.78, 5) is 14.0. The summed E-state index contributed by atoms with van der Waals surface area (Å²) in [6.07, 6.45) is 1.16. The number of ether oxygens (including phenoxy) is 2. The lowest BCUT2D eigenvalue weighted by atomic mass is 9.93. The van der Waals surface area contributed by atoms with Crippen LogP contribution >= 0.6 is 0 Å². The number of anilines is 1. The Morgan fingerprint density at radius 1 is 1.26 bits per heavy atom. The van der Waals surface area contributed by atoms with Gasteiger partial charge in [-0.1, -0.05) is 18.2 Å². The summed E-state index contributed by atoms with van der Waals surface area (Å²) in [6, 6.07) is 7.76. The first-order valence-electron chi connectivity index (χ1n) is 8.36. The molecule has 1 aromatic carbocycles. The second kappa shape index (κ2) is 8.43. The van der Waals surface area contributed by atoms with Crippen LogP contribution in [0.4, 0.5) is 5.69 Å². The molecular formula is C18H27NO4. The predicted molar refractivity (Wildman–Crippen MR) is 89.5 cm³/mol. The molecule has 0 radical (unpaired) electrons. The molecule has 0 spiro atoms. The van der Waals surface area contributed by atoms with Gasteiger partial charge in [-0.15, -0.1) is 0 Å². The zero-order valence-electron chi connectivity index (χ0n) is 14.2. The molecule has 0 saturated heterocycles. The molecule has 1 aromatic rings. The number of hydrogen-bond donors (Lipinski definition) is 1. The quantitative estimate of drug-likeness (QED) is 0.748. The van der Waals surface area contributed by atoms with Gasteiger partial charge in [0.15, 0.2) is 6.29 Å². The van der Waals surface area contributed by atoms with E-state index in [2.05, 4.69) is 0 Å². The fraction of sp³-hybridized carbons (Fsp3) is 0.611. The van der Waals surface area contributed by atoms with Crippen molar-refractivity contribution in [3.8, 4) is 0 Å². The summed E-state index contributed by atoms with van der Waals surface area (Å²) in [5, 5.41) is 9.85. The minimum atomic E-state index is -0.262. The lowest BCUT2D eigenvalue weighted by Gasteiger charge is -2.28. The second-order valence-corrected chi connectivity index (χ2v) is 5.72. The van der Waals surface area contributed by atoms with Crippen molar-refractivity contribution >= 4 is 11.6 Å². The molecule has 0 fully saturated rings. The lowest BCUT2D eigenvalue weighted by molar-refractivity contribution is -0.141. The third kappa shape index (κ3) is 3.91. The average molecular weight is 321 g/mol. The highest BCUT2D eigenvalue weighted by Crippen LogP contribution is 2.42. The second-order valence-electron chi connectivity index (χ2n) is 5.72. The number of amides is 1. The topological polar surface area (TPSA) is 59.0 Å². The Balaban J connectivity index is 2.17. The van der Waals surface area contributed by atoms with Crippen LogP contribution in [0.15, 0.2) is 24.3 Å². The molecule has 5 nitrogen and oxygen atoms in total. The molecule has 1 aliphatic heterocycles. The molecule has 2 atom stereocenters. The van der Waals surface area contributed by atoms with Gasteiger partial charge in [-0.25, -0.2) is 0 Å². The van der Waals surface area contributed by atoms with Gasteiger partial charge in [0, 0.05) is 44.2 Å². The van der Waals surface area contributed by atoms with E-state index in [9.17, 15) is 9.90 Å². The van der Waals surface area contributed by atoms with Crippen LogP contribution in [0.25, 0.3) is 0 Å². The standard InChI is InChI=1S/C18H27NO4/c1-4-22-18(23-5-2)11-10-17-15(12-20)14-8-6-7-9-16(14)19(17)13(3)21/h6-9,15,17-18,20H,4-5,10-12H2,1-3H3/t15-,17+/m0/s1. The van der Waals surface area contributed by atoms with Crippen molar-refractivity contribution in [2.75, 3.05) is 24.7 Å². The molecule has 2 rings (SSSR count). The molecule has 1 amide bonds. The largest absolute Gasteiger partial charge is 0.396 e. The van der Waals surface area contributed by atoms with Crippen LogP contribution in [0.1, 0.15) is 45.1 Å². The fourth-order valence-corrected chi connectivity index (χ4v) is 3.43. The van der Waals surface area contributed by atoms with Crippen LogP contribution in [0.3, 0.4) is 0 Å². The van der Waals surface area contributed by atoms with Gasteiger partial charge in [0.1, 0.15) is 0 Å². The monoisotopic (exact) mass is 321 g/mol. The molecule has 1 aliphatic rings. The van der Waals surface area contributed by atoms with Gasteiger partial charge in [0.2, 0.25) is 5.91 Å². The van der Waals surface area contributed by atoms with E-state index in [0.29, 0.717) is 19.6 Å². The normalized spacial score (nSPS) is 20.1. The number of carbonyl (C=O) groups excluding carboxylic acids is 1. The van der Waals surface area contributed by atoms with E-state index in [1.165, 1.54) is 0 Å². The highest BCUT2D eigenvalue weighted by molar-refractivity contribution is 5.95. The number of fused-ring (bicyclic) bond motifs is 1. The van der Waals surface area contributed by atoms with E-state index in [4.69, 9.17) is 9.47 Å². The average Bonchev–Trinajstić information content (AvgIpc) is 2.86. The van der Waals surface area contributed by atoms with Crippen molar-refractivity contribution in [2.45, 2.75) is 51.9 Å². The summed E-state index contributed by atoms with van der Waals surface area (Å²) in [5.74, 6) is -0.0539. The summed E-state index contributed by atoms with van der Waals surface area (Å²) >= 11 is 0. The number of aliphatic hydroxyl groups excluding tert-OH is 1. The van der Waals surface area contributed by atoms with Gasteiger partial charge in [-0.3, -0.25) is 4.79 Å². The number of hydrogen-bond acceptors (Lipinski definition) is 4. The van der Waals surface area contributed by atoms with E-state index < -0.39 is 0 Å². The molecule has 23 heavy (non-hydrogen) atoms. The van der Waals surface area contributed by atoms with E-state index in [1.807, 2.05) is 43.0 Å². The number of para-hydroxylation sites is 1.